The number of carbonyl (C=O) groups excluding carboxylic acids is 1. The van der Waals surface area contributed by atoms with E-state index in [1.807, 2.05) is 11.8 Å². The minimum absolute atomic E-state index is 0.0467. The molecule has 4 fully saturated rings. The summed E-state index contributed by atoms with van der Waals surface area (Å²) in [6, 6.07) is 0.782. The Hall–Kier alpha value is -0.420. The first-order valence-electron chi connectivity index (χ1n) is 9.53. The predicted molar refractivity (Wildman–Crippen MR) is 93.8 cm³/mol. The Morgan fingerprint density at radius 1 is 1.13 bits per heavy atom. The Balaban J connectivity index is 1.21. The van der Waals surface area contributed by atoms with E-state index in [0.717, 1.165) is 43.5 Å². The Kier molecular flexibility index (Phi) is 4.77. The standard InChI is InChI=1S/C18H30N2O2S/c21-17(20-16-10-15(16)13-4-2-1-3-5-13)19-14-6-8-22-18(11-14)7-9-23-12-18/h13-16H,1-12H2,(H2,19,20,21). The van der Waals surface area contributed by atoms with Crippen LogP contribution in [0.1, 0.15) is 57.8 Å². The third-order valence-electron chi connectivity index (χ3n) is 6.31. The Bertz CT molecular complexity index is 433. The third-order valence-corrected chi connectivity index (χ3v) is 7.53. The monoisotopic (exact) mass is 338 g/mol. The van der Waals surface area contributed by atoms with Gasteiger partial charge in [-0.15, -0.1) is 0 Å². The normalized spacial score (nSPS) is 41.0. The third kappa shape index (κ3) is 3.81. The topological polar surface area (TPSA) is 50.4 Å². The molecule has 0 aromatic rings. The van der Waals surface area contributed by atoms with Crippen LogP contribution in [0.2, 0.25) is 0 Å². The van der Waals surface area contributed by atoms with Crippen LogP contribution in [-0.4, -0.2) is 41.8 Å². The number of nitrogens with one attached hydrogen (secondary N) is 2. The molecule has 5 heteroatoms. The Labute approximate surface area is 143 Å². The maximum absolute atomic E-state index is 12.3. The van der Waals surface area contributed by atoms with Crippen molar-refractivity contribution >= 4 is 17.8 Å². The van der Waals surface area contributed by atoms with E-state index in [4.69, 9.17) is 4.74 Å². The van der Waals surface area contributed by atoms with Crippen LogP contribution in [0.3, 0.4) is 0 Å². The predicted octanol–water partition coefficient (Wildman–Crippen LogP) is 3.31. The maximum Gasteiger partial charge on any atom is 0.315 e. The van der Waals surface area contributed by atoms with E-state index < -0.39 is 0 Å². The van der Waals surface area contributed by atoms with Gasteiger partial charge >= 0.3 is 6.03 Å². The van der Waals surface area contributed by atoms with Crippen LogP contribution in [0.25, 0.3) is 0 Å². The zero-order valence-corrected chi connectivity index (χ0v) is 14.8. The Morgan fingerprint density at radius 2 is 2.00 bits per heavy atom. The first-order chi connectivity index (χ1) is 11.2. The van der Waals surface area contributed by atoms with Crippen molar-refractivity contribution in [2.75, 3.05) is 18.1 Å². The molecule has 2 saturated carbocycles. The minimum atomic E-state index is 0.0467. The average molecular weight is 339 g/mol. The van der Waals surface area contributed by atoms with Crippen LogP contribution in [0.15, 0.2) is 0 Å². The van der Waals surface area contributed by atoms with Gasteiger partial charge in [-0.25, -0.2) is 4.79 Å². The van der Waals surface area contributed by atoms with Gasteiger partial charge in [-0.1, -0.05) is 32.1 Å². The van der Waals surface area contributed by atoms with Crippen molar-refractivity contribution in [1.29, 1.82) is 0 Å². The van der Waals surface area contributed by atoms with Crippen molar-refractivity contribution in [2.24, 2.45) is 11.8 Å². The maximum atomic E-state index is 12.3. The molecule has 2 heterocycles. The second-order valence-corrected chi connectivity index (χ2v) is 9.15. The molecule has 4 rings (SSSR count). The molecule has 2 aliphatic carbocycles. The van der Waals surface area contributed by atoms with Crippen LogP contribution in [-0.2, 0) is 4.74 Å². The molecule has 2 N–H and O–H groups in total. The quantitative estimate of drug-likeness (QED) is 0.830. The van der Waals surface area contributed by atoms with Crippen LogP contribution in [0.5, 0.6) is 0 Å². The van der Waals surface area contributed by atoms with E-state index in [1.165, 1.54) is 44.3 Å². The summed E-state index contributed by atoms with van der Waals surface area (Å²) in [6.07, 6.45) is 11.2. The highest BCUT2D eigenvalue weighted by atomic mass is 32.2. The molecular formula is C18H30N2O2S. The van der Waals surface area contributed by atoms with E-state index in [1.54, 1.807) is 0 Å². The summed E-state index contributed by atoms with van der Waals surface area (Å²) in [5, 5.41) is 6.46. The van der Waals surface area contributed by atoms with E-state index in [9.17, 15) is 4.79 Å². The molecule has 2 saturated heterocycles. The van der Waals surface area contributed by atoms with E-state index >= 15 is 0 Å². The highest BCUT2D eigenvalue weighted by molar-refractivity contribution is 7.99. The molecule has 0 aromatic carbocycles. The van der Waals surface area contributed by atoms with Crippen LogP contribution >= 0.6 is 11.8 Å². The lowest BCUT2D eigenvalue weighted by Gasteiger charge is -2.38. The fourth-order valence-corrected chi connectivity index (χ4v) is 6.25. The van der Waals surface area contributed by atoms with Crippen LogP contribution in [0, 0.1) is 11.8 Å². The van der Waals surface area contributed by atoms with Gasteiger partial charge < -0.3 is 15.4 Å². The van der Waals surface area contributed by atoms with Gasteiger partial charge in [-0.2, -0.15) is 11.8 Å². The first kappa shape index (κ1) is 16.1. The molecule has 130 valence electrons. The van der Waals surface area contributed by atoms with E-state index in [0.29, 0.717) is 6.04 Å². The largest absolute Gasteiger partial charge is 0.374 e. The fourth-order valence-electron chi connectivity index (χ4n) is 4.87. The summed E-state index contributed by atoms with van der Waals surface area (Å²) < 4.78 is 6.04. The first-order valence-corrected chi connectivity index (χ1v) is 10.7. The smallest absolute Gasteiger partial charge is 0.315 e. The summed E-state index contributed by atoms with van der Waals surface area (Å²) in [5.74, 6) is 3.92. The number of carbonyl (C=O) groups is 1. The lowest BCUT2D eigenvalue weighted by Crippen LogP contribution is -2.51. The van der Waals surface area contributed by atoms with Crippen LogP contribution in [0.4, 0.5) is 4.79 Å². The van der Waals surface area contributed by atoms with Gasteiger partial charge in [0, 0.05) is 24.4 Å². The fraction of sp³-hybridized carbons (Fsp3) is 0.944. The molecule has 4 atom stereocenters. The molecule has 0 aromatic heterocycles. The van der Waals surface area contributed by atoms with Crippen molar-refractivity contribution < 1.29 is 9.53 Å². The summed E-state index contributed by atoms with van der Waals surface area (Å²) in [6.45, 7) is 0.791. The van der Waals surface area contributed by atoms with Gasteiger partial charge in [0.2, 0.25) is 0 Å². The molecule has 4 aliphatic rings. The number of rotatable bonds is 3. The van der Waals surface area contributed by atoms with Gasteiger partial charge in [-0.05, 0) is 43.3 Å². The summed E-state index contributed by atoms with van der Waals surface area (Å²) in [4.78, 5) is 12.3. The van der Waals surface area contributed by atoms with Crippen molar-refractivity contribution in [2.45, 2.75) is 75.5 Å². The van der Waals surface area contributed by atoms with Gasteiger partial charge in [-0.3, -0.25) is 0 Å². The second kappa shape index (κ2) is 6.83. The lowest BCUT2D eigenvalue weighted by atomic mass is 9.85. The van der Waals surface area contributed by atoms with Crippen molar-refractivity contribution in [3.05, 3.63) is 0 Å². The number of urea groups is 1. The molecule has 4 nitrogen and oxygen atoms in total. The van der Waals surface area contributed by atoms with Crippen molar-refractivity contribution in [3.8, 4) is 0 Å². The lowest BCUT2D eigenvalue weighted by molar-refractivity contribution is -0.0684. The Morgan fingerprint density at radius 3 is 2.78 bits per heavy atom. The van der Waals surface area contributed by atoms with Gasteiger partial charge in [0.1, 0.15) is 0 Å². The molecule has 2 aliphatic heterocycles. The minimum Gasteiger partial charge on any atom is -0.374 e. The molecule has 0 bridgehead atoms. The number of ether oxygens (including phenoxy) is 1. The van der Waals surface area contributed by atoms with E-state index in [-0.39, 0.29) is 17.7 Å². The molecule has 4 unspecified atom stereocenters. The number of hydrogen-bond acceptors (Lipinski definition) is 3. The molecule has 0 radical (unpaired) electrons. The summed E-state index contributed by atoms with van der Waals surface area (Å²) >= 11 is 1.98. The summed E-state index contributed by atoms with van der Waals surface area (Å²) in [7, 11) is 0. The average Bonchev–Trinajstić information content (AvgIpc) is 3.18. The SMILES string of the molecule is O=C(NC1CCOC2(CCSC2)C1)NC1CC1C1CCCCC1. The molecule has 2 amide bonds. The zero-order valence-electron chi connectivity index (χ0n) is 14.0. The van der Waals surface area contributed by atoms with Crippen molar-refractivity contribution in [1.82, 2.24) is 10.6 Å². The number of thioether (sulfide) groups is 1. The molecular weight excluding hydrogens is 308 g/mol. The second-order valence-electron chi connectivity index (χ2n) is 8.05. The molecule has 23 heavy (non-hydrogen) atoms. The number of hydrogen-bond donors (Lipinski definition) is 2. The van der Waals surface area contributed by atoms with Gasteiger partial charge in [0.05, 0.1) is 5.60 Å². The zero-order chi connectivity index (χ0) is 15.7. The van der Waals surface area contributed by atoms with E-state index in [2.05, 4.69) is 10.6 Å². The highest BCUT2D eigenvalue weighted by Gasteiger charge is 2.44. The number of amides is 2. The van der Waals surface area contributed by atoms with Gasteiger partial charge in [0.15, 0.2) is 0 Å². The summed E-state index contributed by atoms with van der Waals surface area (Å²) in [5.41, 5.74) is 0.0467. The van der Waals surface area contributed by atoms with Gasteiger partial charge in [0.25, 0.3) is 0 Å². The highest BCUT2D eigenvalue weighted by Crippen LogP contribution is 2.44. The van der Waals surface area contributed by atoms with Crippen LogP contribution < -0.4 is 10.6 Å². The van der Waals surface area contributed by atoms with Crippen molar-refractivity contribution in [3.63, 3.8) is 0 Å². The molecule has 1 spiro atoms.